The van der Waals surface area contributed by atoms with Gasteiger partial charge in [0.15, 0.2) is 0 Å². The summed E-state index contributed by atoms with van der Waals surface area (Å²) in [5.74, 6) is 4.83. The molecule has 0 spiro atoms. The lowest BCUT2D eigenvalue weighted by atomic mass is 10.4. The van der Waals surface area contributed by atoms with Crippen LogP contribution in [0.25, 0.3) is 0 Å². The standard InChI is InChI=1S/C13H22N6OS.2ClH/c1-18(2)8-10-4-5-11(20-10)9-21-7-6-15-13-16-12(14)17-19(13)3;;/h4-5H,6-9H2,1-3H3,(H3,14,15,16,17);2*1H. The van der Waals surface area contributed by atoms with Crippen LogP contribution in [-0.2, 0) is 19.3 Å². The Morgan fingerprint density at radius 1 is 1.30 bits per heavy atom. The van der Waals surface area contributed by atoms with E-state index in [9.17, 15) is 0 Å². The van der Waals surface area contributed by atoms with Gasteiger partial charge < -0.3 is 20.4 Å². The van der Waals surface area contributed by atoms with Crippen molar-refractivity contribution >= 4 is 48.5 Å². The van der Waals surface area contributed by atoms with Crippen LogP contribution in [-0.4, -0.2) is 46.1 Å². The molecule has 0 saturated carbocycles. The van der Waals surface area contributed by atoms with E-state index in [2.05, 4.69) is 20.3 Å². The zero-order chi connectivity index (χ0) is 15.2. The van der Waals surface area contributed by atoms with Gasteiger partial charge in [-0.2, -0.15) is 16.7 Å². The van der Waals surface area contributed by atoms with Crippen molar-refractivity contribution in [2.75, 3.05) is 37.4 Å². The minimum absolute atomic E-state index is 0. The molecule has 0 aliphatic carbocycles. The number of furan rings is 1. The topological polar surface area (TPSA) is 85.1 Å². The summed E-state index contributed by atoms with van der Waals surface area (Å²) < 4.78 is 7.39. The molecule has 2 rings (SSSR count). The first-order valence-corrected chi connectivity index (χ1v) is 7.90. The number of anilines is 2. The van der Waals surface area contributed by atoms with E-state index >= 15 is 0 Å². The molecule has 0 atom stereocenters. The van der Waals surface area contributed by atoms with Crippen LogP contribution >= 0.6 is 36.6 Å². The maximum atomic E-state index is 5.76. The molecule has 0 radical (unpaired) electrons. The molecule has 0 amide bonds. The minimum Gasteiger partial charge on any atom is -0.464 e. The van der Waals surface area contributed by atoms with E-state index in [1.54, 1.807) is 4.68 Å². The minimum atomic E-state index is 0. The van der Waals surface area contributed by atoms with Crippen LogP contribution in [0.15, 0.2) is 16.5 Å². The number of thioether (sulfide) groups is 1. The maximum absolute atomic E-state index is 5.76. The highest BCUT2D eigenvalue weighted by Gasteiger charge is 2.05. The number of nitrogens with zero attached hydrogens (tertiary/aromatic N) is 4. The second-order valence-corrected chi connectivity index (χ2v) is 6.11. The Labute approximate surface area is 153 Å². The van der Waals surface area contributed by atoms with Crippen molar-refractivity contribution in [3.8, 4) is 0 Å². The van der Waals surface area contributed by atoms with E-state index in [1.807, 2.05) is 45.0 Å². The van der Waals surface area contributed by atoms with Crippen LogP contribution in [0.2, 0.25) is 0 Å². The molecule has 3 N–H and O–H groups in total. The predicted octanol–water partition coefficient (Wildman–Crippen LogP) is 2.24. The third-order valence-corrected chi connectivity index (χ3v) is 3.72. The predicted molar refractivity (Wildman–Crippen MR) is 101 cm³/mol. The van der Waals surface area contributed by atoms with Gasteiger partial charge in [0.05, 0.1) is 12.3 Å². The van der Waals surface area contributed by atoms with Gasteiger partial charge in [0, 0.05) is 19.3 Å². The fraction of sp³-hybridized carbons (Fsp3) is 0.538. The third kappa shape index (κ3) is 7.34. The van der Waals surface area contributed by atoms with Gasteiger partial charge >= 0.3 is 0 Å². The summed E-state index contributed by atoms with van der Waals surface area (Å²) in [5.41, 5.74) is 5.52. The van der Waals surface area contributed by atoms with Crippen molar-refractivity contribution in [3.63, 3.8) is 0 Å². The molecule has 0 saturated heterocycles. The smallest absolute Gasteiger partial charge is 0.241 e. The Bertz CT molecular complexity index is 575. The molecule has 0 aromatic carbocycles. The van der Waals surface area contributed by atoms with Crippen molar-refractivity contribution in [2.45, 2.75) is 12.3 Å². The summed E-state index contributed by atoms with van der Waals surface area (Å²) in [6.45, 7) is 1.64. The molecule has 0 aliphatic rings. The first-order valence-electron chi connectivity index (χ1n) is 6.75. The number of halogens is 2. The van der Waals surface area contributed by atoms with Crippen LogP contribution in [0.5, 0.6) is 0 Å². The number of nitrogens with one attached hydrogen (secondary N) is 1. The van der Waals surface area contributed by atoms with Gasteiger partial charge in [0.1, 0.15) is 11.5 Å². The second-order valence-electron chi connectivity index (χ2n) is 5.00. The van der Waals surface area contributed by atoms with Gasteiger partial charge in [-0.3, -0.25) is 0 Å². The van der Waals surface area contributed by atoms with Crippen LogP contribution in [0.3, 0.4) is 0 Å². The second kappa shape index (κ2) is 10.6. The molecule has 2 aromatic heterocycles. The van der Waals surface area contributed by atoms with Gasteiger partial charge in [-0.15, -0.1) is 29.9 Å². The average molecular weight is 383 g/mol. The van der Waals surface area contributed by atoms with E-state index in [-0.39, 0.29) is 30.8 Å². The van der Waals surface area contributed by atoms with Gasteiger partial charge in [0.25, 0.3) is 0 Å². The summed E-state index contributed by atoms with van der Waals surface area (Å²) in [6.07, 6.45) is 0. The Hall–Kier alpha value is -1.09. The van der Waals surface area contributed by atoms with Gasteiger partial charge in [-0.25, -0.2) is 4.68 Å². The maximum Gasteiger partial charge on any atom is 0.241 e. The Kier molecular flexibility index (Phi) is 10.1. The number of aromatic nitrogens is 3. The normalized spacial score (nSPS) is 10.3. The molecule has 0 aliphatic heterocycles. The monoisotopic (exact) mass is 382 g/mol. The number of nitrogens with two attached hydrogens (primary N) is 1. The lowest BCUT2D eigenvalue weighted by Gasteiger charge is -2.06. The van der Waals surface area contributed by atoms with E-state index in [4.69, 9.17) is 10.2 Å². The summed E-state index contributed by atoms with van der Waals surface area (Å²) >= 11 is 1.81. The molecular weight excluding hydrogens is 359 g/mol. The fourth-order valence-corrected chi connectivity index (χ4v) is 2.61. The van der Waals surface area contributed by atoms with Crippen LogP contribution in [0.1, 0.15) is 11.5 Å². The van der Waals surface area contributed by atoms with Crippen molar-refractivity contribution < 1.29 is 4.42 Å². The zero-order valence-corrected chi connectivity index (χ0v) is 15.9. The molecule has 2 aromatic rings. The first kappa shape index (κ1) is 21.9. The Balaban J connectivity index is 0.00000242. The van der Waals surface area contributed by atoms with Crippen LogP contribution in [0.4, 0.5) is 11.9 Å². The molecule has 10 heteroatoms. The van der Waals surface area contributed by atoms with E-state index in [0.29, 0.717) is 5.95 Å². The Morgan fingerprint density at radius 3 is 2.61 bits per heavy atom. The SMILES string of the molecule is CN(C)Cc1ccc(CSCCNc2nc(N)nn2C)o1.Cl.Cl. The Morgan fingerprint density at radius 2 is 2.00 bits per heavy atom. The molecule has 0 fully saturated rings. The number of nitrogen functional groups attached to an aromatic ring is 1. The van der Waals surface area contributed by atoms with Crippen molar-refractivity contribution in [1.82, 2.24) is 19.7 Å². The first-order chi connectivity index (χ1) is 10.0. The van der Waals surface area contributed by atoms with E-state index < -0.39 is 0 Å². The number of hydrogen-bond donors (Lipinski definition) is 2. The van der Waals surface area contributed by atoms with Gasteiger partial charge in [0.2, 0.25) is 11.9 Å². The fourth-order valence-electron chi connectivity index (χ4n) is 1.86. The van der Waals surface area contributed by atoms with Gasteiger partial charge in [-0.05, 0) is 26.2 Å². The third-order valence-electron chi connectivity index (χ3n) is 2.74. The highest BCUT2D eigenvalue weighted by atomic mass is 35.5. The largest absolute Gasteiger partial charge is 0.464 e. The van der Waals surface area contributed by atoms with Crippen LogP contribution in [0, 0.1) is 0 Å². The lowest BCUT2D eigenvalue weighted by Crippen LogP contribution is -2.09. The lowest BCUT2D eigenvalue weighted by molar-refractivity contribution is 0.344. The molecular formula is C13H24Cl2N6OS. The van der Waals surface area contributed by atoms with Gasteiger partial charge in [-0.1, -0.05) is 0 Å². The quantitative estimate of drug-likeness (QED) is 0.676. The number of hydrogen-bond acceptors (Lipinski definition) is 7. The van der Waals surface area contributed by atoms with Crippen molar-refractivity contribution in [1.29, 1.82) is 0 Å². The average Bonchev–Trinajstić information content (AvgIpc) is 2.95. The van der Waals surface area contributed by atoms with Crippen molar-refractivity contribution in [2.24, 2.45) is 7.05 Å². The number of rotatable bonds is 8. The summed E-state index contributed by atoms with van der Waals surface area (Å²) in [5, 5.41) is 7.18. The molecule has 0 bridgehead atoms. The molecule has 7 nitrogen and oxygen atoms in total. The summed E-state index contributed by atoms with van der Waals surface area (Å²) in [4.78, 5) is 6.17. The van der Waals surface area contributed by atoms with E-state index in [1.165, 1.54) is 0 Å². The highest BCUT2D eigenvalue weighted by Crippen LogP contribution is 2.16. The summed E-state index contributed by atoms with van der Waals surface area (Å²) in [7, 11) is 5.87. The molecule has 23 heavy (non-hydrogen) atoms. The van der Waals surface area contributed by atoms with E-state index in [0.717, 1.165) is 36.1 Å². The van der Waals surface area contributed by atoms with Crippen molar-refractivity contribution in [3.05, 3.63) is 23.7 Å². The highest BCUT2D eigenvalue weighted by molar-refractivity contribution is 7.98. The molecule has 132 valence electrons. The number of aryl methyl sites for hydroxylation is 1. The molecule has 0 unspecified atom stereocenters. The molecule has 2 heterocycles. The zero-order valence-electron chi connectivity index (χ0n) is 13.5. The van der Waals surface area contributed by atoms with Crippen LogP contribution < -0.4 is 11.1 Å². The summed E-state index contributed by atoms with van der Waals surface area (Å²) in [6, 6.07) is 4.08.